The fourth-order valence-corrected chi connectivity index (χ4v) is 3.75. The summed E-state index contributed by atoms with van der Waals surface area (Å²) in [5.41, 5.74) is 2.46. The molecule has 1 atom stereocenters. The number of thiazole rings is 1. The van der Waals surface area contributed by atoms with Crippen molar-refractivity contribution in [1.29, 1.82) is 0 Å². The maximum atomic E-state index is 12.8. The van der Waals surface area contributed by atoms with Crippen LogP contribution >= 0.6 is 11.3 Å². The van der Waals surface area contributed by atoms with Gasteiger partial charge in [0, 0.05) is 6.42 Å². The van der Waals surface area contributed by atoms with Crippen molar-refractivity contribution >= 4 is 23.2 Å². The second-order valence-electron chi connectivity index (χ2n) is 6.02. The van der Waals surface area contributed by atoms with Crippen LogP contribution in [0.15, 0.2) is 60.7 Å². The first kappa shape index (κ1) is 18.8. The molecule has 5 nitrogen and oxygen atoms in total. The number of amides is 1. The molecule has 0 saturated carbocycles. The monoisotopic (exact) mass is 380 g/mol. The molecule has 138 valence electrons. The van der Waals surface area contributed by atoms with E-state index in [9.17, 15) is 9.59 Å². The quantitative estimate of drug-likeness (QED) is 0.662. The molecule has 0 saturated heterocycles. The number of esters is 1. The molecule has 0 aliphatic heterocycles. The molecule has 0 fully saturated rings. The van der Waals surface area contributed by atoms with Gasteiger partial charge in [0.05, 0.1) is 17.8 Å². The third-order valence-corrected chi connectivity index (χ3v) is 5.25. The number of rotatable bonds is 6. The van der Waals surface area contributed by atoms with Crippen molar-refractivity contribution in [2.75, 3.05) is 7.11 Å². The highest BCUT2D eigenvalue weighted by Crippen LogP contribution is 2.22. The summed E-state index contributed by atoms with van der Waals surface area (Å²) in [4.78, 5) is 30.0. The molecule has 3 rings (SSSR count). The van der Waals surface area contributed by atoms with Gasteiger partial charge in [-0.3, -0.25) is 4.79 Å². The Hall–Kier alpha value is -2.99. The molecule has 0 aliphatic carbocycles. The second kappa shape index (κ2) is 8.60. The van der Waals surface area contributed by atoms with Crippen molar-refractivity contribution in [2.24, 2.45) is 0 Å². The zero-order valence-corrected chi connectivity index (χ0v) is 16.0. The smallest absolute Gasteiger partial charge is 0.333 e. The Labute approximate surface area is 162 Å². The van der Waals surface area contributed by atoms with Crippen LogP contribution in [0.1, 0.15) is 37.5 Å². The number of aromatic nitrogens is 1. The van der Waals surface area contributed by atoms with Crippen LogP contribution in [-0.2, 0) is 16.0 Å². The van der Waals surface area contributed by atoms with Gasteiger partial charge < -0.3 is 10.1 Å². The Kier molecular flexibility index (Phi) is 5.98. The van der Waals surface area contributed by atoms with E-state index in [1.54, 1.807) is 19.1 Å². The lowest BCUT2D eigenvalue weighted by Crippen LogP contribution is -2.34. The van der Waals surface area contributed by atoms with Crippen LogP contribution in [0.5, 0.6) is 0 Å². The number of aryl methyl sites for hydroxylation is 1. The second-order valence-corrected chi connectivity index (χ2v) is 7.11. The van der Waals surface area contributed by atoms with Gasteiger partial charge in [0.25, 0.3) is 5.91 Å². The van der Waals surface area contributed by atoms with Crippen molar-refractivity contribution in [1.82, 2.24) is 10.3 Å². The summed E-state index contributed by atoms with van der Waals surface area (Å²) in [6, 6.07) is 18.1. The molecular formula is C21H20N2O3S. The standard InChI is InChI=1S/C21H20N2O3S/c1-14-19(27-17(22-14)13-15-9-5-3-6-10-15)20(24)23-18(21(25)26-2)16-11-7-4-8-12-16/h3-12,18H,13H2,1-2H3,(H,23,24). The van der Waals surface area contributed by atoms with Gasteiger partial charge in [-0.25, -0.2) is 9.78 Å². The largest absolute Gasteiger partial charge is 0.467 e. The van der Waals surface area contributed by atoms with Crippen LogP contribution in [-0.4, -0.2) is 24.0 Å². The van der Waals surface area contributed by atoms with Gasteiger partial charge in [-0.1, -0.05) is 60.7 Å². The van der Waals surface area contributed by atoms with Crippen LogP contribution in [0, 0.1) is 6.92 Å². The average Bonchev–Trinajstić information content (AvgIpc) is 3.07. The number of nitrogens with one attached hydrogen (secondary N) is 1. The molecule has 1 heterocycles. The van der Waals surface area contributed by atoms with Gasteiger partial charge in [-0.15, -0.1) is 11.3 Å². The van der Waals surface area contributed by atoms with E-state index in [4.69, 9.17) is 4.74 Å². The molecule has 6 heteroatoms. The molecule has 0 radical (unpaired) electrons. The molecule has 0 aliphatic rings. The molecule has 1 unspecified atom stereocenters. The number of hydrogen-bond donors (Lipinski definition) is 1. The van der Waals surface area contributed by atoms with Crippen molar-refractivity contribution in [3.63, 3.8) is 0 Å². The van der Waals surface area contributed by atoms with Crippen LogP contribution in [0.2, 0.25) is 0 Å². The SMILES string of the molecule is COC(=O)C(NC(=O)c1sc(Cc2ccccc2)nc1C)c1ccccc1. The van der Waals surface area contributed by atoms with E-state index < -0.39 is 12.0 Å². The highest BCUT2D eigenvalue weighted by atomic mass is 32.1. The van der Waals surface area contributed by atoms with E-state index >= 15 is 0 Å². The number of carbonyl (C=O) groups is 2. The predicted molar refractivity (Wildman–Crippen MR) is 105 cm³/mol. The molecule has 1 aromatic heterocycles. The highest BCUT2D eigenvalue weighted by molar-refractivity contribution is 7.13. The van der Waals surface area contributed by atoms with Gasteiger partial charge in [0.15, 0.2) is 6.04 Å². The van der Waals surface area contributed by atoms with E-state index in [0.717, 1.165) is 10.6 Å². The van der Waals surface area contributed by atoms with Crippen LogP contribution in [0.4, 0.5) is 0 Å². The lowest BCUT2D eigenvalue weighted by molar-refractivity contribution is -0.143. The number of benzene rings is 2. The number of carbonyl (C=O) groups excluding carboxylic acids is 2. The Morgan fingerprint density at radius 2 is 1.70 bits per heavy atom. The molecule has 3 aromatic rings. The van der Waals surface area contributed by atoms with E-state index in [1.165, 1.54) is 18.4 Å². The van der Waals surface area contributed by atoms with Crippen LogP contribution in [0.25, 0.3) is 0 Å². The minimum atomic E-state index is -0.859. The summed E-state index contributed by atoms with van der Waals surface area (Å²) in [6.45, 7) is 1.80. The van der Waals surface area contributed by atoms with Crippen LogP contribution in [0.3, 0.4) is 0 Å². The zero-order chi connectivity index (χ0) is 19.2. The normalized spacial score (nSPS) is 11.6. The van der Waals surface area contributed by atoms with Gasteiger partial charge in [-0.2, -0.15) is 0 Å². The highest BCUT2D eigenvalue weighted by Gasteiger charge is 2.26. The molecule has 1 amide bonds. The number of methoxy groups -OCH3 is 1. The zero-order valence-electron chi connectivity index (χ0n) is 15.1. The summed E-state index contributed by atoms with van der Waals surface area (Å²) in [6.07, 6.45) is 0.665. The van der Waals surface area contributed by atoms with Crippen molar-refractivity contribution < 1.29 is 14.3 Å². The van der Waals surface area contributed by atoms with E-state index in [0.29, 0.717) is 22.6 Å². The van der Waals surface area contributed by atoms with E-state index in [-0.39, 0.29) is 5.91 Å². The summed E-state index contributed by atoms with van der Waals surface area (Å²) in [7, 11) is 1.31. The molecule has 0 bridgehead atoms. The minimum absolute atomic E-state index is 0.330. The number of ether oxygens (including phenoxy) is 1. The molecular weight excluding hydrogens is 360 g/mol. The van der Waals surface area contributed by atoms with Gasteiger partial charge in [0.2, 0.25) is 0 Å². The molecule has 27 heavy (non-hydrogen) atoms. The topological polar surface area (TPSA) is 68.3 Å². The molecule has 1 N–H and O–H groups in total. The Balaban J connectivity index is 1.79. The average molecular weight is 380 g/mol. The third-order valence-electron chi connectivity index (χ3n) is 4.09. The first-order valence-electron chi connectivity index (χ1n) is 8.52. The minimum Gasteiger partial charge on any atom is -0.467 e. The van der Waals surface area contributed by atoms with Crippen molar-refractivity contribution in [2.45, 2.75) is 19.4 Å². The first-order chi connectivity index (χ1) is 13.1. The summed E-state index contributed by atoms with van der Waals surface area (Å²) < 4.78 is 4.85. The number of hydrogen-bond acceptors (Lipinski definition) is 5. The van der Waals surface area contributed by atoms with Gasteiger partial charge in [0.1, 0.15) is 4.88 Å². The molecule has 0 spiro atoms. The summed E-state index contributed by atoms with van der Waals surface area (Å²) in [5, 5.41) is 3.63. The van der Waals surface area contributed by atoms with Gasteiger partial charge in [-0.05, 0) is 18.1 Å². The fraction of sp³-hybridized carbons (Fsp3) is 0.190. The summed E-state index contributed by atoms with van der Waals surface area (Å²) >= 11 is 1.34. The molecule has 2 aromatic carbocycles. The Bertz CT molecular complexity index is 923. The van der Waals surface area contributed by atoms with Crippen molar-refractivity contribution in [3.05, 3.63) is 87.4 Å². The van der Waals surface area contributed by atoms with Crippen molar-refractivity contribution in [3.8, 4) is 0 Å². The Morgan fingerprint density at radius 3 is 2.33 bits per heavy atom. The summed E-state index contributed by atoms with van der Waals surface area (Å²) in [5.74, 6) is -0.843. The van der Waals surface area contributed by atoms with E-state index in [1.807, 2.05) is 48.5 Å². The third kappa shape index (κ3) is 4.60. The number of nitrogens with zero attached hydrogens (tertiary/aromatic N) is 1. The fourth-order valence-electron chi connectivity index (χ4n) is 2.75. The Morgan fingerprint density at radius 1 is 1.07 bits per heavy atom. The lowest BCUT2D eigenvalue weighted by Gasteiger charge is -2.16. The van der Waals surface area contributed by atoms with Gasteiger partial charge >= 0.3 is 5.97 Å². The van der Waals surface area contributed by atoms with Crippen LogP contribution < -0.4 is 5.32 Å². The van der Waals surface area contributed by atoms with E-state index in [2.05, 4.69) is 10.3 Å². The maximum Gasteiger partial charge on any atom is 0.333 e. The first-order valence-corrected chi connectivity index (χ1v) is 9.34. The lowest BCUT2D eigenvalue weighted by atomic mass is 10.1. The maximum absolute atomic E-state index is 12.8. The predicted octanol–water partition coefficient (Wildman–Crippen LogP) is 3.69.